The lowest BCUT2D eigenvalue weighted by Crippen LogP contribution is -2.01. The smallest absolute Gasteiger partial charge is 0.163 e. The van der Waals surface area contributed by atoms with Crippen molar-refractivity contribution in [2.75, 3.05) is 19.1 Å². The summed E-state index contributed by atoms with van der Waals surface area (Å²) < 4.78 is 11.2. The number of hydrogen-bond donors (Lipinski definition) is 0. The van der Waals surface area contributed by atoms with Gasteiger partial charge in [0.1, 0.15) is 11.0 Å². The Hall–Kier alpha value is -1.26. The summed E-state index contributed by atoms with van der Waals surface area (Å²) in [6.45, 7) is 4.97. The quantitative estimate of drug-likeness (QED) is 0.563. The lowest BCUT2D eigenvalue weighted by molar-refractivity contribution is 0.288. The summed E-state index contributed by atoms with van der Waals surface area (Å²) in [6.07, 6.45) is 1.52. The highest BCUT2D eigenvalue weighted by atomic mass is 35.5. The van der Waals surface area contributed by atoms with E-state index in [2.05, 4.69) is 9.97 Å². The van der Waals surface area contributed by atoms with Crippen LogP contribution in [0.5, 0.6) is 11.5 Å². The van der Waals surface area contributed by atoms with Crippen LogP contribution in [-0.4, -0.2) is 29.1 Å². The van der Waals surface area contributed by atoms with Crippen LogP contribution < -0.4 is 9.47 Å². The SMILES string of the molecule is CCOc1cc2nc(CCCCl)nc(Cl)c2cc1OCC. The van der Waals surface area contributed by atoms with Gasteiger partial charge in [0.2, 0.25) is 0 Å². The maximum atomic E-state index is 6.26. The summed E-state index contributed by atoms with van der Waals surface area (Å²) in [4.78, 5) is 8.84. The van der Waals surface area contributed by atoms with Crippen LogP contribution in [0.25, 0.3) is 10.9 Å². The third-order valence-electron chi connectivity index (χ3n) is 2.89. The molecule has 0 unspecified atom stereocenters. The van der Waals surface area contributed by atoms with E-state index in [0.717, 1.165) is 17.3 Å². The molecule has 1 heterocycles. The monoisotopic (exact) mass is 328 g/mol. The van der Waals surface area contributed by atoms with Crippen LogP contribution in [0, 0.1) is 0 Å². The number of nitrogens with zero attached hydrogens (tertiary/aromatic N) is 2. The van der Waals surface area contributed by atoms with Crippen molar-refractivity contribution < 1.29 is 9.47 Å². The minimum absolute atomic E-state index is 0.425. The number of alkyl halides is 1. The van der Waals surface area contributed by atoms with Crippen molar-refractivity contribution in [3.63, 3.8) is 0 Å². The number of aryl methyl sites for hydroxylation is 1. The van der Waals surface area contributed by atoms with Gasteiger partial charge < -0.3 is 9.47 Å². The van der Waals surface area contributed by atoms with Crippen molar-refractivity contribution in [1.82, 2.24) is 9.97 Å². The van der Waals surface area contributed by atoms with Crippen LogP contribution in [0.4, 0.5) is 0 Å². The second-order valence-electron chi connectivity index (χ2n) is 4.41. The zero-order valence-corrected chi connectivity index (χ0v) is 13.7. The summed E-state index contributed by atoms with van der Waals surface area (Å²) in [7, 11) is 0. The summed E-state index contributed by atoms with van der Waals surface area (Å²) in [5.74, 6) is 2.60. The molecule has 2 aromatic rings. The van der Waals surface area contributed by atoms with Crippen molar-refractivity contribution in [3.8, 4) is 11.5 Å². The molecule has 0 saturated heterocycles. The van der Waals surface area contributed by atoms with Crippen LogP contribution in [0.1, 0.15) is 26.1 Å². The molecule has 0 radical (unpaired) electrons. The first-order valence-electron chi connectivity index (χ1n) is 7.01. The lowest BCUT2D eigenvalue weighted by atomic mass is 10.2. The van der Waals surface area contributed by atoms with E-state index in [4.69, 9.17) is 32.7 Å². The predicted molar refractivity (Wildman–Crippen MR) is 85.9 cm³/mol. The highest BCUT2D eigenvalue weighted by Gasteiger charge is 2.12. The fraction of sp³-hybridized carbons (Fsp3) is 0.467. The van der Waals surface area contributed by atoms with Crippen LogP contribution in [-0.2, 0) is 6.42 Å². The summed E-state index contributed by atoms with van der Waals surface area (Å²) >= 11 is 12.0. The zero-order chi connectivity index (χ0) is 15.2. The summed E-state index contributed by atoms with van der Waals surface area (Å²) in [6, 6.07) is 3.68. The molecule has 0 amide bonds. The van der Waals surface area contributed by atoms with Gasteiger partial charge in [-0.25, -0.2) is 9.97 Å². The topological polar surface area (TPSA) is 44.2 Å². The minimum atomic E-state index is 0.425. The third kappa shape index (κ3) is 3.89. The van der Waals surface area contributed by atoms with E-state index in [1.54, 1.807) is 0 Å². The largest absolute Gasteiger partial charge is 0.490 e. The van der Waals surface area contributed by atoms with Crippen LogP contribution in [0.2, 0.25) is 5.15 Å². The van der Waals surface area contributed by atoms with E-state index in [-0.39, 0.29) is 0 Å². The van der Waals surface area contributed by atoms with E-state index >= 15 is 0 Å². The molecular weight excluding hydrogens is 311 g/mol. The Bertz CT molecular complexity index is 620. The average Bonchev–Trinajstić information content (AvgIpc) is 2.47. The first-order valence-corrected chi connectivity index (χ1v) is 7.92. The summed E-state index contributed by atoms with van der Waals surface area (Å²) in [5, 5.41) is 1.19. The molecule has 2 rings (SSSR count). The molecule has 0 N–H and O–H groups in total. The fourth-order valence-corrected chi connectivity index (χ4v) is 2.40. The average molecular weight is 329 g/mol. The number of fused-ring (bicyclic) bond motifs is 1. The normalized spacial score (nSPS) is 10.9. The molecule has 0 bridgehead atoms. The lowest BCUT2D eigenvalue weighted by Gasteiger charge is -2.12. The molecule has 0 atom stereocenters. The van der Waals surface area contributed by atoms with Crippen molar-refractivity contribution in [1.29, 1.82) is 0 Å². The van der Waals surface area contributed by atoms with Crippen LogP contribution in [0.15, 0.2) is 12.1 Å². The van der Waals surface area contributed by atoms with Gasteiger partial charge in [0.15, 0.2) is 11.5 Å². The Kier molecular flexibility index (Phi) is 5.88. The standard InChI is InChI=1S/C15H18Cl2N2O2/c1-3-20-12-8-10-11(9-13(12)21-4-2)18-14(6-5-7-16)19-15(10)17/h8-9H,3-7H2,1-2H3. The molecule has 0 spiro atoms. The van der Waals surface area contributed by atoms with E-state index in [0.29, 0.717) is 48.0 Å². The third-order valence-corrected chi connectivity index (χ3v) is 3.45. The maximum absolute atomic E-state index is 6.26. The molecule has 0 fully saturated rings. The first-order chi connectivity index (χ1) is 10.2. The Balaban J connectivity index is 2.49. The van der Waals surface area contributed by atoms with E-state index in [1.165, 1.54) is 0 Å². The Morgan fingerprint density at radius 3 is 2.33 bits per heavy atom. The minimum Gasteiger partial charge on any atom is -0.490 e. The molecular formula is C15H18Cl2N2O2. The van der Waals surface area contributed by atoms with E-state index in [1.807, 2.05) is 26.0 Å². The Morgan fingerprint density at radius 2 is 1.71 bits per heavy atom. The predicted octanol–water partition coefficient (Wildman–Crippen LogP) is 4.25. The van der Waals surface area contributed by atoms with Crippen LogP contribution >= 0.6 is 23.2 Å². The molecule has 0 saturated carbocycles. The highest BCUT2D eigenvalue weighted by molar-refractivity contribution is 6.34. The van der Waals surface area contributed by atoms with Crippen molar-refractivity contribution in [2.24, 2.45) is 0 Å². The number of hydrogen-bond acceptors (Lipinski definition) is 4. The molecule has 0 aliphatic rings. The van der Waals surface area contributed by atoms with E-state index < -0.39 is 0 Å². The second-order valence-corrected chi connectivity index (χ2v) is 5.14. The van der Waals surface area contributed by atoms with Crippen molar-refractivity contribution >= 4 is 34.1 Å². The Morgan fingerprint density at radius 1 is 1.05 bits per heavy atom. The number of rotatable bonds is 7. The molecule has 0 aliphatic heterocycles. The number of ether oxygens (including phenoxy) is 2. The molecule has 4 nitrogen and oxygen atoms in total. The van der Waals surface area contributed by atoms with Gasteiger partial charge in [-0.1, -0.05) is 11.6 Å². The van der Waals surface area contributed by atoms with Gasteiger partial charge >= 0.3 is 0 Å². The molecule has 1 aromatic heterocycles. The fourth-order valence-electron chi connectivity index (χ4n) is 2.02. The van der Waals surface area contributed by atoms with Gasteiger partial charge in [0.05, 0.1) is 18.7 Å². The number of aromatic nitrogens is 2. The molecule has 0 aliphatic carbocycles. The first kappa shape index (κ1) is 16.1. The van der Waals surface area contributed by atoms with Crippen molar-refractivity contribution in [2.45, 2.75) is 26.7 Å². The van der Waals surface area contributed by atoms with Gasteiger partial charge in [-0.15, -0.1) is 11.6 Å². The van der Waals surface area contributed by atoms with Gasteiger partial charge in [0.25, 0.3) is 0 Å². The van der Waals surface area contributed by atoms with Gasteiger partial charge in [0, 0.05) is 23.8 Å². The van der Waals surface area contributed by atoms with E-state index in [9.17, 15) is 0 Å². The molecule has 1 aromatic carbocycles. The molecule has 114 valence electrons. The number of halogens is 2. The maximum Gasteiger partial charge on any atom is 0.163 e. The second kappa shape index (κ2) is 7.66. The zero-order valence-electron chi connectivity index (χ0n) is 12.2. The summed E-state index contributed by atoms with van der Waals surface area (Å²) in [5.41, 5.74) is 0.756. The molecule has 6 heteroatoms. The molecule has 21 heavy (non-hydrogen) atoms. The highest BCUT2D eigenvalue weighted by Crippen LogP contribution is 2.34. The van der Waals surface area contributed by atoms with Gasteiger partial charge in [-0.05, 0) is 26.3 Å². The van der Waals surface area contributed by atoms with Gasteiger partial charge in [-0.2, -0.15) is 0 Å². The van der Waals surface area contributed by atoms with Gasteiger partial charge in [-0.3, -0.25) is 0 Å². The Labute approximate surface area is 134 Å². The van der Waals surface area contributed by atoms with Crippen molar-refractivity contribution in [3.05, 3.63) is 23.1 Å². The number of benzene rings is 1. The van der Waals surface area contributed by atoms with Crippen LogP contribution in [0.3, 0.4) is 0 Å².